The van der Waals surface area contributed by atoms with E-state index in [2.05, 4.69) is 19.1 Å². The second-order valence-electron chi connectivity index (χ2n) is 5.19. The van der Waals surface area contributed by atoms with Gasteiger partial charge in [0.05, 0.1) is 6.10 Å². The lowest BCUT2D eigenvalue weighted by Crippen LogP contribution is -2.04. The van der Waals surface area contributed by atoms with E-state index in [9.17, 15) is 9.90 Å². The summed E-state index contributed by atoms with van der Waals surface area (Å²) in [5, 5.41) is 18.0. The highest BCUT2D eigenvalue weighted by molar-refractivity contribution is 5.66. The van der Waals surface area contributed by atoms with Crippen LogP contribution in [0.1, 0.15) is 77.6 Å². The van der Waals surface area contributed by atoms with E-state index in [1.54, 1.807) is 0 Å². The molecule has 3 heteroatoms. The summed E-state index contributed by atoms with van der Waals surface area (Å²) in [7, 11) is 0. The first-order chi connectivity index (χ1) is 9.16. The van der Waals surface area contributed by atoms with Crippen molar-refractivity contribution in [2.45, 2.75) is 83.7 Å². The van der Waals surface area contributed by atoms with Crippen molar-refractivity contribution in [1.29, 1.82) is 0 Å². The molecule has 0 radical (unpaired) electrons. The van der Waals surface area contributed by atoms with Gasteiger partial charge in [0.25, 0.3) is 0 Å². The standard InChI is InChI=1S/C16H30O3/c1-2-12-15(17)13-10-8-6-4-3-5-7-9-11-14-16(18)19/h3,5,15,17H,2,4,6-14H2,1H3,(H,18,19)/b5-3+. The number of carbonyl (C=O) groups is 1. The Bertz CT molecular complexity index is 236. The summed E-state index contributed by atoms with van der Waals surface area (Å²) in [4.78, 5) is 10.3. The van der Waals surface area contributed by atoms with Gasteiger partial charge in [-0.05, 0) is 44.9 Å². The van der Waals surface area contributed by atoms with Gasteiger partial charge in [-0.15, -0.1) is 0 Å². The monoisotopic (exact) mass is 270 g/mol. The molecule has 1 unspecified atom stereocenters. The van der Waals surface area contributed by atoms with Crippen molar-refractivity contribution >= 4 is 5.97 Å². The molecule has 0 aliphatic heterocycles. The van der Waals surface area contributed by atoms with Crippen LogP contribution in [0, 0.1) is 0 Å². The number of unbranched alkanes of at least 4 members (excludes halogenated alkanes) is 5. The summed E-state index contributed by atoms with van der Waals surface area (Å²) in [6.07, 6.45) is 14.8. The fourth-order valence-electron chi connectivity index (χ4n) is 2.07. The van der Waals surface area contributed by atoms with Crippen LogP contribution in [-0.2, 0) is 4.79 Å². The minimum Gasteiger partial charge on any atom is -0.481 e. The zero-order chi connectivity index (χ0) is 14.3. The molecule has 0 saturated carbocycles. The number of rotatable bonds is 13. The van der Waals surface area contributed by atoms with E-state index >= 15 is 0 Å². The van der Waals surface area contributed by atoms with Crippen LogP contribution in [0.5, 0.6) is 0 Å². The van der Waals surface area contributed by atoms with Gasteiger partial charge in [0.15, 0.2) is 0 Å². The van der Waals surface area contributed by atoms with Crippen LogP contribution in [0.25, 0.3) is 0 Å². The molecule has 0 aliphatic rings. The third kappa shape index (κ3) is 15.1. The Kier molecular flexibility index (Phi) is 13.0. The lowest BCUT2D eigenvalue weighted by molar-refractivity contribution is -0.137. The molecule has 112 valence electrons. The highest BCUT2D eigenvalue weighted by atomic mass is 16.4. The van der Waals surface area contributed by atoms with Crippen molar-refractivity contribution in [2.24, 2.45) is 0 Å². The molecule has 0 heterocycles. The molecule has 0 fully saturated rings. The molecule has 2 N–H and O–H groups in total. The summed E-state index contributed by atoms with van der Waals surface area (Å²) in [5.41, 5.74) is 0. The maximum Gasteiger partial charge on any atom is 0.303 e. The lowest BCUT2D eigenvalue weighted by Gasteiger charge is -2.07. The second-order valence-corrected chi connectivity index (χ2v) is 5.19. The van der Waals surface area contributed by atoms with E-state index in [4.69, 9.17) is 5.11 Å². The summed E-state index contributed by atoms with van der Waals surface area (Å²) in [6.45, 7) is 2.10. The average molecular weight is 270 g/mol. The lowest BCUT2D eigenvalue weighted by atomic mass is 10.1. The molecule has 0 aromatic carbocycles. The number of aliphatic carboxylic acids is 1. The minimum atomic E-state index is -0.700. The Balaban J connectivity index is 3.19. The third-order valence-electron chi connectivity index (χ3n) is 3.21. The summed E-state index contributed by atoms with van der Waals surface area (Å²) in [5.74, 6) is -0.700. The van der Waals surface area contributed by atoms with Crippen molar-refractivity contribution in [1.82, 2.24) is 0 Å². The van der Waals surface area contributed by atoms with Crippen molar-refractivity contribution in [3.05, 3.63) is 12.2 Å². The Labute approximate surface area is 117 Å². The number of hydrogen-bond donors (Lipinski definition) is 2. The summed E-state index contributed by atoms with van der Waals surface area (Å²) >= 11 is 0. The molecule has 0 bridgehead atoms. The van der Waals surface area contributed by atoms with E-state index in [1.807, 2.05) is 0 Å². The quantitative estimate of drug-likeness (QED) is 0.387. The number of aliphatic hydroxyl groups is 1. The minimum absolute atomic E-state index is 0.102. The van der Waals surface area contributed by atoms with E-state index < -0.39 is 5.97 Å². The molecule has 0 aromatic heterocycles. The smallest absolute Gasteiger partial charge is 0.303 e. The summed E-state index contributed by atoms with van der Waals surface area (Å²) in [6, 6.07) is 0. The summed E-state index contributed by atoms with van der Waals surface area (Å²) < 4.78 is 0. The first-order valence-corrected chi connectivity index (χ1v) is 7.71. The van der Waals surface area contributed by atoms with Gasteiger partial charge in [0.1, 0.15) is 0 Å². The number of carboxylic acid groups (broad SMARTS) is 1. The van der Waals surface area contributed by atoms with Crippen LogP contribution in [0.4, 0.5) is 0 Å². The number of allylic oxidation sites excluding steroid dienone is 2. The molecule has 19 heavy (non-hydrogen) atoms. The first-order valence-electron chi connectivity index (χ1n) is 7.71. The van der Waals surface area contributed by atoms with Crippen LogP contribution < -0.4 is 0 Å². The SMILES string of the molecule is CCCC(O)CCCCC/C=C/CCCCC(=O)O. The predicted molar refractivity (Wildman–Crippen MR) is 79.2 cm³/mol. The highest BCUT2D eigenvalue weighted by Gasteiger charge is 2.01. The Morgan fingerprint density at radius 2 is 1.63 bits per heavy atom. The first kappa shape index (κ1) is 18.2. The molecule has 1 atom stereocenters. The maximum atomic E-state index is 10.3. The van der Waals surface area contributed by atoms with E-state index in [0.717, 1.165) is 51.4 Å². The normalized spacial score (nSPS) is 12.9. The van der Waals surface area contributed by atoms with Crippen LogP contribution in [0.15, 0.2) is 12.2 Å². The van der Waals surface area contributed by atoms with Gasteiger partial charge in [0, 0.05) is 6.42 Å². The van der Waals surface area contributed by atoms with Crippen LogP contribution >= 0.6 is 0 Å². The van der Waals surface area contributed by atoms with Crippen molar-refractivity contribution in [3.8, 4) is 0 Å². The number of hydrogen-bond acceptors (Lipinski definition) is 2. The van der Waals surface area contributed by atoms with Crippen molar-refractivity contribution in [2.75, 3.05) is 0 Å². The fraction of sp³-hybridized carbons (Fsp3) is 0.812. The molecule has 0 saturated heterocycles. The van der Waals surface area contributed by atoms with Crippen LogP contribution in [-0.4, -0.2) is 22.3 Å². The van der Waals surface area contributed by atoms with Gasteiger partial charge >= 0.3 is 5.97 Å². The van der Waals surface area contributed by atoms with Crippen molar-refractivity contribution in [3.63, 3.8) is 0 Å². The number of carboxylic acids is 1. The van der Waals surface area contributed by atoms with Gasteiger partial charge in [-0.1, -0.05) is 38.3 Å². The fourth-order valence-corrected chi connectivity index (χ4v) is 2.07. The Morgan fingerprint density at radius 1 is 1.00 bits per heavy atom. The topological polar surface area (TPSA) is 57.5 Å². The molecule has 3 nitrogen and oxygen atoms in total. The van der Waals surface area contributed by atoms with Gasteiger partial charge in [-0.3, -0.25) is 4.79 Å². The van der Waals surface area contributed by atoms with Gasteiger partial charge < -0.3 is 10.2 Å². The molecule has 0 rings (SSSR count). The zero-order valence-corrected chi connectivity index (χ0v) is 12.3. The van der Waals surface area contributed by atoms with E-state index in [0.29, 0.717) is 0 Å². The molecular formula is C16H30O3. The number of aliphatic hydroxyl groups excluding tert-OH is 1. The maximum absolute atomic E-state index is 10.3. The third-order valence-corrected chi connectivity index (χ3v) is 3.21. The van der Waals surface area contributed by atoms with Crippen LogP contribution in [0.2, 0.25) is 0 Å². The van der Waals surface area contributed by atoms with E-state index in [-0.39, 0.29) is 12.5 Å². The molecule has 0 spiro atoms. The highest BCUT2D eigenvalue weighted by Crippen LogP contribution is 2.10. The molecule has 0 aromatic rings. The van der Waals surface area contributed by atoms with E-state index in [1.165, 1.54) is 12.8 Å². The van der Waals surface area contributed by atoms with Gasteiger partial charge in [-0.25, -0.2) is 0 Å². The van der Waals surface area contributed by atoms with Gasteiger partial charge in [-0.2, -0.15) is 0 Å². The van der Waals surface area contributed by atoms with Crippen LogP contribution in [0.3, 0.4) is 0 Å². The predicted octanol–water partition coefficient (Wildman–Crippen LogP) is 4.30. The second kappa shape index (κ2) is 13.6. The molecule has 0 amide bonds. The largest absolute Gasteiger partial charge is 0.481 e. The average Bonchev–Trinajstić information content (AvgIpc) is 2.36. The zero-order valence-electron chi connectivity index (χ0n) is 12.3. The van der Waals surface area contributed by atoms with Gasteiger partial charge in [0.2, 0.25) is 0 Å². The molecule has 0 aliphatic carbocycles. The Morgan fingerprint density at radius 3 is 2.21 bits per heavy atom. The Hall–Kier alpha value is -0.830. The van der Waals surface area contributed by atoms with Crippen molar-refractivity contribution < 1.29 is 15.0 Å². The molecular weight excluding hydrogens is 240 g/mol.